The molecule has 0 aliphatic carbocycles. The lowest BCUT2D eigenvalue weighted by atomic mass is 10.1. The predicted molar refractivity (Wildman–Crippen MR) is 90.3 cm³/mol. The van der Waals surface area contributed by atoms with E-state index in [1.807, 2.05) is 18.2 Å². The van der Waals surface area contributed by atoms with Gasteiger partial charge in [-0.15, -0.1) is 0 Å². The maximum atomic E-state index is 11.6. The van der Waals surface area contributed by atoms with Crippen molar-refractivity contribution in [2.45, 2.75) is 32.4 Å². The van der Waals surface area contributed by atoms with Gasteiger partial charge in [-0.25, -0.2) is 4.79 Å². The van der Waals surface area contributed by atoms with Crippen molar-refractivity contribution in [3.05, 3.63) is 18.2 Å². The molecule has 0 unspecified atom stereocenters. The largest absolute Gasteiger partial charge is 0.495 e. The number of benzene rings is 1. The molecule has 1 aromatic carbocycles. The topological polar surface area (TPSA) is 60.0 Å². The second-order valence-corrected chi connectivity index (χ2v) is 6.30. The Kier molecular flexibility index (Phi) is 5.36. The molecule has 6 heteroatoms. The molecule has 1 saturated heterocycles. The number of carbonyl (C=O) groups excluding carboxylic acids is 1. The Morgan fingerprint density at radius 3 is 2.74 bits per heavy atom. The monoisotopic (exact) mass is 322 g/mol. The van der Waals surface area contributed by atoms with Crippen molar-refractivity contribution >= 4 is 17.3 Å². The summed E-state index contributed by atoms with van der Waals surface area (Å²) in [5.41, 5.74) is 1.68. The summed E-state index contributed by atoms with van der Waals surface area (Å²) >= 11 is 0. The van der Waals surface area contributed by atoms with Crippen LogP contribution in [0.3, 0.4) is 0 Å². The number of hydrogen-bond acceptors (Lipinski definition) is 6. The number of anilines is 2. The average molecular weight is 322 g/mol. The molecule has 1 fully saturated rings. The Morgan fingerprint density at radius 1 is 1.39 bits per heavy atom. The Labute approximate surface area is 137 Å². The molecule has 0 bridgehead atoms. The standard InChI is InChI=1S/C17H26N2O4/c1-12(16(20)22-5)18-14-7-6-13(10-15(14)21-4)19-8-9-23-17(2,3)11-19/h6-7,10,12,18H,8-9,11H2,1-5H3/t12-/m0/s1. The number of carbonyl (C=O) groups is 1. The van der Waals surface area contributed by atoms with Gasteiger partial charge in [-0.05, 0) is 32.9 Å². The van der Waals surface area contributed by atoms with Crippen LogP contribution in [0.15, 0.2) is 18.2 Å². The molecule has 1 atom stereocenters. The number of rotatable bonds is 5. The zero-order valence-corrected chi connectivity index (χ0v) is 14.5. The molecule has 1 N–H and O–H groups in total. The minimum Gasteiger partial charge on any atom is -0.495 e. The number of esters is 1. The Balaban J connectivity index is 2.17. The van der Waals surface area contributed by atoms with Crippen molar-refractivity contribution in [3.63, 3.8) is 0 Å². The van der Waals surface area contributed by atoms with Gasteiger partial charge in [0.05, 0.1) is 32.1 Å². The van der Waals surface area contributed by atoms with E-state index >= 15 is 0 Å². The first-order valence-electron chi connectivity index (χ1n) is 7.77. The summed E-state index contributed by atoms with van der Waals surface area (Å²) in [6.07, 6.45) is 0. The number of nitrogens with zero attached hydrogens (tertiary/aromatic N) is 1. The molecule has 0 radical (unpaired) electrons. The summed E-state index contributed by atoms with van der Waals surface area (Å²) in [7, 11) is 3.00. The van der Waals surface area contributed by atoms with Gasteiger partial charge >= 0.3 is 5.97 Å². The van der Waals surface area contributed by atoms with E-state index in [4.69, 9.17) is 14.2 Å². The van der Waals surface area contributed by atoms with Gasteiger partial charge in [0.1, 0.15) is 11.8 Å². The Hall–Kier alpha value is -1.95. The predicted octanol–water partition coefficient (Wildman–Crippen LogP) is 2.28. The second-order valence-electron chi connectivity index (χ2n) is 6.30. The van der Waals surface area contributed by atoms with E-state index < -0.39 is 6.04 Å². The zero-order chi connectivity index (χ0) is 17.0. The van der Waals surface area contributed by atoms with E-state index in [0.717, 1.165) is 24.5 Å². The van der Waals surface area contributed by atoms with Crippen LogP contribution >= 0.6 is 0 Å². The third-order valence-electron chi connectivity index (χ3n) is 3.90. The Bertz CT molecular complexity index is 560. The minimum atomic E-state index is -0.443. The molecule has 23 heavy (non-hydrogen) atoms. The highest BCUT2D eigenvalue weighted by Crippen LogP contribution is 2.32. The third-order valence-corrected chi connectivity index (χ3v) is 3.90. The lowest BCUT2D eigenvalue weighted by molar-refractivity contribution is -0.141. The fourth-order valence-corrected chi connectivity index (χ4v) is 2.70. The van der Waals surface area contributed by atoms with Crippen molar-refractivity contribution < 1.29 is 19.0 Å². The smallest absolute Gasteiger partial charge is 0.327 e. The molecule has 1 aliphatic rings. The molecule has 0 saturated carbocycles. The third kappa shape index (κ3) is 4.28. The van der Waals surface area contributed by atoms with E-state index in [-0.39, 0.29) is 11.6 Å². The number of ether oxygens (including phenoxy) is 3. The molecule has 1 heterocycles. The van der Waals surface area contributed by atoms with Gasteiger partial charge in [-0.2, -0.15) is 0 Å². The summed E-state index contributed by atoms with van der Waals surface area (Å²) < 4.78 is 16.0. The molecular weight excluding hydrogens is 296 g/mol. The average Bonchev–Trinajstić information content (AvgIpc) is 2.53. The SMILES string of the molecule is COC(=O)[C@H](C)Nc1ccc(N2CCOC(C)(C)C2)cc1OC. The summed E-state index contributed by atoms with van der Waals surface area (Å²) in [5, 5.41) is 3.12. The molecule has 0 spiro atoms. The minimum absolute atomic E-state index is 0.165. The molecular formula is C17H26N2O4. The molecule has 128 valence electrons. The summed E-state index contributed by atoms with van der Waals surface area (Å²) in [6, 6.07) is 5.49. The summed E-state index contributed by atoms with van der Waals surface area (Å²) in [6.45, 7) is 8.30. The van der Waals surface area contributed by atoms with Gasteiger partial charge < -0.3 is 24.4 Å². The lowest BCUT2D eigenvalue weighted by Gasteiger charge is -2.39. The van der Waals surface area contributed by atoms with Crippen LogP contribution < -0.4 is 15.0 Å². The number of methoxy groups -OCH3 is 2. The number of morpholine rings is 1. The van der Waals surface area contributed by atoms with Crippen LogP contribution in [0.5, 0.6) is 5.75 Å². The number of hydrogen-bond donors (Lipinski definition) is 1. The molecule has 2 rings (SSSR count). The first kappa shape index (κ1) is 17.4. The van der Waals surface area contributed by atoms with Crippen LogP contribution in [0.25, 0.3) is 0 Å². The van der Waals surface area contributed by atoms with E-state index in [9.17, 15) is 4.79 Å². The summed E-state index contributed by atoms with van der Waals surface area (Å²) in [5.74, 6) is 0.383. The van der Waals surface area contributed by atoms with Crippen molar-refractivity contribution in [3.8, 4) is 5.75 Å². The van der Waals surface area contributed by atoms with Crippen LogP contribution in [0.1, 0.15) is 20.8 Å². The second kappa shape index (κ2) is 7.08. The van der Waals surface area contributed by atoms with Crippen LogP contribution in [-0.4, -0.2) is 51.5 Å². The highest BCUT2D eigenvalue weighted by Gasteiger charge is 2.27. The van der Waals surface area contributed by atoms with Gasteiger partial charge in [0.25, 0.3) is 0 Å². The fraction of sp³-hybridized carbons (Fsp3) is 0.588. The van der Waals surface area contributed by atoms with E-state index in [1.54, 1.807) is 14.0 Å². The maximum absolute atomic E-state index is 11.6. The normalized spacial score (nSPS) is 18.2. The van der Waals surface area contributed by atoms with Crippen LogP contribution in [0, 0.1) is 0 Å². The van der Waals surface area contributed by atoms with E-state index in [0.29, 0.717) is 12.4 Å². The first-order chi connectivity index (χ1) is 10.9. The lowest BCUT2D eigenvalue weighted by Crippen LogP contribution is -2.48. The zero-order valence-electron chi connectivity index (χ0n) is 14.5. The van der Waals surface area contributed by atoms with Gasteiger partial charge in [-0.3, -0.25) is 0 Å². The van der Waals surface area contributed by atoms with Crippen molar-refractivity contribution in [1.82, 2.24) is 0 Å². The van der Waals surface area contributed by atoms with Crippen molar-refractivity contribution in [1.29, 1.82) is 0 Å². The van der Waals surface area contributed by atoms with Crippen molar-refractivity contribution in [2.75, 3.05) is 44.1 Å². The summed E-state index contributed by atoms with van der Waals surface area (Å²) in [4.78, 5) is 13.8. The van der Waals surface area contributed by atoms with Crippen LogP contribution in [-0.2, 0) is 14.3 Å². The van der Waals surface area contributed by atoms with E-state index in [2.05, 4.69) is 24.1 Å². The molecule has 0 amide bonds. The Morgan fingerprint density at radius 2 is 2.13 bits per heavy atom. The number of nitrogens with one attached hydrogen (secondary N) is 1. The molecule has 6 nitrogen and oxygen atoms in total. The fourth-order valence-electron chi connectivity index (χ4n) is 2.70. The molecule has 1 aromatic rings. The molecule has 0 aromatic heterocycles. The van der Waals surface area contributed by atoms with Gasteiger partial charge in [0.2, 0.25) is 0 Å². The highest BCUT2D eigenvalue weighted by atomic mass is 16.5. The highest BCUT2D eigenvalue weighted by molar-refractivity contribution is 5.80. The van der Waals surface area contributed by atoms with Crippen LogP contribution in [0.4, 0.5) is 11.4 Å². The molecule has 1 aliphatic heterocycles. The van der Waals surface area contributed by atoms with Crippen LogP contribution in [0.2, 0.25) is 0 Å². The van der Waals surface area contributed by atoms with Crippen molar-refractivity contribution in [2.24, 2.45) is 0 Å². The van der Waals surface area contributed by atoms with Gasteiger partial charge in [0, 0.05) is 24.8 Å². The first-order valence-corrected chi connectivity index (χ1v) is 7.77. The van der Waals surface area contributed by atoms with Gasteiger partial charge in [-0.1, -0.05) is 0 Å². The van der Waals surface area contributed by atoms with E-state index in [1.165, 1.54) is 7.11 Å². The quantitative estimate of drug-likeness (QED) is 0.839. The van der Waals surface area contributed by atoms with Gasteiger partial charge in [0.15, 0.2) is 0 Å². The maximum Gasteiger partial charge on any atom is 0.327 e.